The monoisotopic (exact) mass is 542 g/mol. The fraction of sp³-hybridized carbons (Fsp3) is 0.393. The van der Waals surface area contributed by atoms with Crippen LogP contribution < -0.4 is 10.2 Å². The third-order valence-corrected chi connectivity index (χ3v) is 7.44. The first-order valence-corrected chi connectivity index (χ1v) is 13.5. The number of hydrogen-bond donors (Lipinski definition) is 1. The van der Waals surface area contributed by atoms with Crippen molar-refractivity contribution in [3.05, 3.63) is 77.0 Å². The second-order valence-electron chi connectivity index (χ2n) is 10.1. The maximum atomic E-state index is 15.2. The summed E-state index contributed by atoms with van der Waals surface area (Å²) in [6.07, 6.45) is 0.633. The molecule has 0 saturated heterocycles. The summed E-state index contributed by atoms with van der Waals surface area (Å²) in [5, 5.41) is 7.19. The second kappa shape index (κ2) is 11.7. The number of thioether (sulfide) groups is 1. The van der Waals surface area contributed by atoms with Gasteiger partial charge in [-0.05, 0) is 36.8 Å². The number of fused-ring (bicyclic) bond motifs is 1. The first kappa shape index (κ1) is 27.8. The number of ether oxygens (including phenoxy) is 1. The Morgan fingerprint density at radius 2 is 1.87 bits per heavy atom. The van der Waals surface area contributed by atoms with E-state index in [4.69, 9.17) is 9.84 Å². The third-order valence-electron chi connectivity index (χ3n) is 6.21. The van der Waals surface area contributed by atoms with Gasteiger partial charge in [-0.1, -0.05) is 39.0 Å². The van der Waals surface area contributed by atoms with Crippen LogP contribution in [0, 0.1) is 11.6 Å². The molecular weight excluding hydrogens is 510 g/mol. The van der Waals surface area contributed by atoms with Crippen LogP contribution in [0.1, 0.15) is 49.3 Å². The number of aromatic nitrogens is 2. The minimum absolute atomic E-state index is 0.0393. The van der Waals surface area contributed by atoms with Gasteiger partial charge in [0.2, 0.25) is 11.8 Å². The topological polar surface area (TPSA) is 76.5 Å². The molecule has 3 aromatic rings. The van der Waals surface area contributed by atoms with E-state index in [1.165, 1.54) is 34.9 Å². The molecule has 1 N–H and O–H groups in total. The summed E-state index contributed by atoms with van der Waals surface area (Å²) in [6, 6.07) is 12.3. The average Bonchev–Trinajstić information content (AvgIpc) is 3.21. The molecule has 2 aromatic carbocycles. The van der Waals surface area contributed by atoms with Crippen LogP contribution in [0.25, 0.3) is 5.69 Å². The Labute approximate surface area is 225 Å². The van der Waals surface area contributed by atoms with E-state index >= 15 is 4.39 Å². The normalized spacial score (nSPS) is 15.8. The number of carbonyl (C=O) groups is 2. The molecule has 0 spiro atoms. The van der Waals surface area contributed by atoms with E-state index in [1.54, 1.807) is 42.1 Å². The molecule has 1 aliphatic heterocycles. The van der Waals surface area contributed by atoms with Crippen molar-refractivity contribution in [2.45, 2.75) is 37.9 Å². The van der Waals surface area contributed by atoms with E-state index < -0.39 is 16.5 Å². The zero-order valence-corrected chi connectivity index (χ0v) is 22.8. The third kappa shape index (κ3) is 5.91. The molecule has 1 atom stereocenters. The number of methoxy groups -OCH3 is 1. The standard InChI is InChI=1S/C28H32F2N4O3S/c1-28(2,3)26-24-25(20-8-5-6-9-21(20)30)38-17-23(36)33(16-22(35)31-14-7-15-37-4)27(24)34(32-26)19-12-10-18(29)11-13-19/h5-6,8-13,25H,7,14-17H2,1-4H3,(H,31,35)/t25-/m0/s1. The largest absolute Gasteiger partial charge is 0.385 e. The fourth-order valence-corrected chi connectivity index (χ4v) is 5.63. The summed E-state index contributed by atoms with van der Waals surface area (Å²) in [7, 11) is 1.59. The molecule has 202 valence electrons. The van der Waals surface area contributed by atoms with Crippen LogP contribution in [0.5, 0.6) is 0 Å². The first-order valence-electron chi connectivity index (χ1n) is 12.4. The molecule has 4 rings (SSSR count). The number of nitrogens with one attached hydrogen (secondary N) is 1. The molecular formula is C28H32F2N4O3S. The number of rotatable bonds is 8. The molecule has 0 radical (unpaired) electrons. The zero-order valence-electron chi connectivity index (χ0n) is 22.0. The van der Waals surface area contributed by atoms with Gasteiger partial charge in [-0.2, -0.15) is 5.10 Å². The summed E-state index contributed by atoms with van der Waals surface area (Å²) < 4.78 is 35.6. The van der Waals surface area contributed by atoms with Crippen molar-refractivity contribution in [3.8, 4) is 5.69 Å². The predicted molar refractivity (Wildman–Crippen MR) is 145 cm³/mol. The molecule has 0 unspecified atom stereocenters. The Hall–Kier alpha value is -3.24. The van der Waals surface area contributed by atoms with Gasteiger partial charge < -0.3 is 10.1 Å². The lowest BCUT2D eigenvalue weighted by Crippen LogP contribution is -2.42. The van der Waals surface area contributed by atoms with E-state index in [9.17, 15) is 14.0 Å². The molecule has 10 heteroatoms. The van der Waals surface area contributed by atoms with E-state index in [2.05, 4.69) is 5.32 Å². The molecule has 2 heterocycles. The number of amides is 2. The fourth-order valence-electron chi connectivity index (χ4n) is 4.41. The summed E-state index contributed by atoms with van der Waals surface area (Å²) in [5.41, 5.74) is 1.80. The maximum Gasteiger partial charge on any atom is 0.240 e. The highest BCUT2D eigenvalue weighted by Crippen LogP contribution is 2.48. The molecule has 0 aliphatic carbocycles. The summed E-state index contributed by atoms with van der Waals surface area (Å²) in [6.45, 7) is 6.65. The zero-order chi connectivity index (χ0) is 27.4. The lowest BCUT2D eigenvalue weighted by atomic mass is 9.87. The van der Waals surface area contributed by atoms with E-state index in [0.29, 0.717) is 47.9 Å². The van der Waals surface area contributed by atoms with E-state index in [-0.39, 0.29) is 29.9 Å². The minimum atomic E-state index is -0.548. The Balaban J connectivity index is 1.91. The lowest BCUT2D eigenvalue weighted by molar-refractivity contribution is -0.122. The van der Waals surface area contributed by atoms with Crippen LogP contribution in [-0.2, 0) is 19.7 Å². The van der Waals surface area contributed by atoms with Crippen LogP contribution in [0.2, 0.25) is 0 Å². The summed E-state index contributed by atoms with van der Waals surface area (Å²) >= 11 is 1.31. The minimum Gasteiger partial charge on any atom is -0.385 e. The number of hydrogen-bond acceptors (Lipinski definition) is 5. The number of halogens is 2. The summed E-state index contributed by atoms with van der Waals surface area (Å²) in [5.74, 6) is -1.01. The van der Waals surface area contributed by atoms with Crippen molar-refractivity contribution in [1.82, 2.24) is 15.1 Å². The Kier molecular flexibility index (Phi) is 8.52. The highest BCUT2D eigenvalue weighted by atomic mass is 32.2. The van der Waals surface area contributed by atoms with Gasteiger partial charge in [-0.3, -0.25) is 14.5 Å². The van der Waals surface area contributed by atoms with Gasteiger partial charge in [-0.25, -0.2) is 13.5 Å². The summed E-state index contributed by atoms with van der Waals surface area (Å²) in [4.78, 5) is 27.9. The Bertz CT molecular complexity index is 1300. The van der Waals surface area contributed by atoms with Crippen molar-refractivity contribution in [2.24, 2.45) is 0 Å². The molecule has 1 aliphatic rings. The smallest absolute Gasteiger partial charge is 0.240 e. The van der Waals surface area contributed by atoms with Gasteiger partial charge >= 0.3 is 0 Å². The predicted octanol–water partition coefficient (Wildman–Crippen LogP) is 4.77. The van der Waals surface area contributed by atoms with Crippen LogP contribution in [-0.4, -0.2) is 54.2 Å². The lowest BCUT2D eigenvalue weighted by Gasteiger charge is -2.24. The number of carbonyl (C=O) groups excluding carboxylic acids is 2. The van der Waals surface area contributed by atoms with Crippen LogP contribution in [0.4, 0.5) is 14.6 Å². The molecule has 0 bridgehead atoms. The van der Waals surface area contributed by atoms with Crippen molar-refractivity contribution in [3.63, 3.8) is 0 Å². The van der Waals surface area contributed by atoms with Crippen molar-refractivity contribution in [1.29, 1.82) is 0 Å². The van der Waals surface area contributed by atoms with Gasteiger partial charge in [0.15, 0.2) is 0 Å². The highest BCUT2D eigenvalue weighted by molar-refractivity contribution is 8.00. The van der Waals surface area contributed by atoms with Crippen molar-refractivity contribution >= 4 is 29.4 Å². The van der Waals surface area contributed by atoms with Gasteiger partial charge in [0.25, 0.3) is 0 Å². The van der Waals surface area contributed by atoms with E-state index in [1.807, 2.05) is 20.8 Å². The van der Waals surface area contributed by atoms with Gasteiger partial charge in [0.1, 0.15) is 24.0 Å². The number of anilines is 1. The molecule has 2 amide bonds. The number of nitrogens with zero attached hydrogens (tertiary/aromatic N) is 3. The quantitative estimate of drug-likeness (QED) is 0.415. The molecule has 38 heavy (non-hydrogen) atoms. The highest BCUT2D eigenvalue weighted by Gasteiger charge is 2.40. The van der Waals surface area contributed by atoms with E-state index in [0.717, 1.165) is 0 Å². The molecule has 7 nitrogen and oxygen atoms in total. The van der Waals surface area contributed by atoms with Gasteiger partial charge in [0, 0.05) is 36.8 Å². The Morgan fingerprint density at radius 1 is 1.16 bits per heavy atom. The van der Waals surface area contributed by atoms with Gasteiger partial charge in [-0.15, -0.1) is 11.8 Å². The van der Waals surface area contributed by atoms with Gasteiger partial charge in [0.05, 0.1) is 22.4 Å². The Morgan fingerprint density at radius 3 is 2.53 bits per heavy atom. The second-order valence-corrected chi connectivity index (χ2v) is 11.2. The van der Waals surface area contributed by atoms with Crippen LogP contribution >= 0.6 is 11.8 Å². The average molecular weight is 543 g/mol. The number of benzene rings is 2. The first-order chi connectivity index (χ1) is 18.1. The molecule has 0 saturated carbocycles. The maximum absolute atomic E-state index is 15.2. The SMILES string of the molecule is COCCCNC(=O)CN1C(=O)CS[C@@H](c2ccccc2F)c2c(C(C)(C)C)nn(-c3ccc(F)cc3)c21. The molecule has 1 aromatic heterocycles. The van der Waals surface area contributed by atoms with Crippen molar-refractivity contribution < 1.29 is 23.1 Å². The van der Waals surface area contributed by atoms with Crippen LogP contribution in [0.3, 0.4) is 0 Å². The van der Waals surface area contributed by atoms with Crippen LogP contribution in [0.15, 0.2) is 48.5 Å². The molecule has 0 fully saturated rings. The van der Waals surface area contributed by atoms with Crippen molar-refractivity contribution in [2.75, 3.05) is 37.5 Å².